The van der Waals surface area contributed by atoms with Crippen LogP contribution in [-0.4, -0.2) is 48.7 Å². The second-order valence-electron chi connectivity index (χ2n) is 6.77. The maximum absolute atomic E-state index is 13.2. The summed E-state index contributed by atoms with van der Waals surface area (Å²) in [6, 6.07) is 6.75. The van der Waals surface area contributed by atoms with Gasteiger partial charge in [-0.3, -0.25) is 0 Å². The Bertz CT molecular complexity index is 862. The van der Waals surface area contributed by atoms with E-state index in [0.717, 1.165) is 12.8 Å². The fourth-order valence-corrected chi connectivity index (χ4v) is 5.30. The molecular formula is C17H22N4O3S. The fourth-order valence-electron chi connectivity index (χ4n) is 3.60. The highest BCUT2D eigenvalue weighted by molar-refractivity contribution is 7.89. The Morgan fingerprint density at radius 2 is 2.08 bits per heavy atom. The number of nitrogens with zero attached hydrogens (tertiary/aromatic N) is 3. The summed E-state index contributed by atoms with van der Waals surface area (Å²) in [5, 5.41) is 4.17. The molecule has 2 N–H and O–H groups in total. The Labute approximate surface area is 147 Å². The van der Waals surface area contributed by atoms with E-state index in [1.807, 2.05) is 0 Å². The van der Waals surface area contributed by atoms with Crippen molar-refractivity contribution in [2.24, 2.45) is 17.6 Å². The van der Waals surface area contributed by atoms with Crippen molar-refractivity contribution in [2.45, 2.75) is 23.8 Å². The molecule has 1 aromatic heterocycles. The molecule has 7 nitrogen and oxygen atoms in total. The minimum absolute atomic E-state index is 0.0948. The SMILES string of the molecule is COc1ccc(-n2cccn2)cc1S(=O)(=O)N1C[C@H](C2CC2)[C@@H](N)C1. The van der Waals surface area contributed by atoms with Gasteiger partial charge in [0, 0.05) is 31.5 Å². The minimum Gasteiger partial charge on any atom is -0.495 e. The zero-order valence-corrected chi connectivity index (χ0v) is 14.9. The zero-order valence-electron chi connectivity index (χ0n) is 14.1. The van der Waals surface area contributed by atoms with Crippen molar-refractivity contribution >= 4 is 10.0 Å². The highest BCUT2D eigenvalue weighted by Gasteiger charge is 2.45. The van der Waals surface area contributed by atoms with Crippen LogP contribution in [0.25, 0.3) is 5.69 Å². The van der Waals surface area contributed by atoms with Crippen LogP contribution >= 0.6 is 0 Å². The number of methoxy groups -OCH3 is 1. The lowest BCUT2D eigenvalue weighted by molar-refractivity contribution is 0.395. The molecule has 1 aliphatic carbocycles. The fraction of sp³-hybridized carbons (Fsp3) is 0.471. The molecule has 2 fully saturated rings. The van der Waals surface area contributed by atoms with E-state index in [2.05, 4.69) is 5.10 Å². The first-order valence-electron chi connectivity index (χ1n) is 8.44. The van der Waals surface area contributed by atoms with Gasteiger partial charge in [0.25, 0.3) is 0 Å². The van der Waals surface area contributed by atoms with E-state index in [0.29, 0.717) is 30.4 Å². The normalized spacial score (nSPS) is 24.6. The number of hydrogen-bond acceptors (Lipinski definition) is 5. The van der Waals surface area contributed by atoms with Crippen molar-refractivity contribution in [2.75, 3.05) is 20.2 Å². The summed E-state index contributed by atoms with van der Waals surface area (Å²) in [6.45, 7) is 0.849. The molecule has 25 heavy (non-hydrogen) atoms. The van der Waals surface area contributed by atoms with E-state index >= 15 is 0 Å². The average Bonchev–Trinajstić information content (AvgIpc) is 3.14. The van der Waals surface area contributed by atoms with Gasteiger partial charge >= 0.3 is 0 Å². The quantitative estimate of drug-likeness (QED) is 0.864. The molecule has 1 aromatic carbocycles. The van der Waals surface area contributed by atoms with E-state index in [9.17, 15) is 8.42 Å². The predicted octanol–water partition coefficient (Wildman–Crippen LogP) is 1.24. The monoisotopic (exact) mass is 362 g/mol. The first-order chi connectivity index (χ1) is 12.0. The molecule has 2 aliphatic rings. The second-order valence-corrected chi connectivity index (χ2v) is 8.68. The van der Waals surface area contributed by atoms with Crippen LogP contribution in [0.2, 0.25) is 0 Å². The van der Waals surface area contributed by atoms with Crippen LogP contribution in [0.3, 0.4) is 0 Å². The maximum Gasteiger partial charge on any atom is 0.246 e. The van der Waals surface area contributed by atoms with Gasteiger partial charge in [-0.05, 0) is 48.9 Å². The number of nitrogens with two attached hydrogens (primary N) is 1. The molecular weight excluding hydrogens is 340 g/mol. The molecule has 0 unspecified atom stereocenters. The molecule has 2 aromatic rings. The predicted molar refractivity (Wildman–Crippen MR) is 93.1 cm³/mol. The van der Waals surface area contributed by atoms with E-state index in [4.69, 9.17) is 10.5 Å². The third-order valence-electron chi connectivity index (χ3n) is 5.14. The third kappa shape index (κ3) is 2.94. The van der Waals surface area contributed by atoms with Crippen LogP contribution in [0.15, 0.2) is 41.6 Å². The zero-order chi connectivity index (χ0) is 17.6. The van der Waals surface area contributed by atoms with Crippen LogP contribution in [-0.2, 0) is 10.0 Å². The summed E-state index contributed by atoms with van der Waals surface area (Å²) in [5.74, 6) is 1.17. The molecule has 2 atom stereocenters. The molecule has 0 spiro atoms. The van der Waals surface area contributed by atoms with Crippen LogP contribution in [0.4, 0.5) is 0 Å². The smallest absolute Gasteiger partial charge is 0.246 e. The van der Waals surface area contributed by atoms with Gasteiger partial charge in [0.1, 0.15) is 10.6 Å². The topological polar surface area (TPSA) is 90.5 Å². The molecule has 4 rings (SSSR count). The van der Waals surface area contributed by atoms with Gasteiger partial charge in [-0.2, -0.15) is 9.40 Å². The van der Waals surface area contributed by atoms with E-state index < -0.39 is 10.0 Å². The summed E-state index contributed by atoms with van der Waals surface area (Å²) in [5.41, 5.74) is 6.88. The molecule has 134 valence electrons. The summed E-state index contributed by atoms with van der Waals surface area (Å²) < 4.78 is 34.9. The Kier molecular flexibility index (Phi) is 4.05. The lowest BCUT2D eigenvalue weighted by Crippen LogP contribution is -2.32. The second kappa shape index (κ2) is 6.12. The summed E-state index contributed by atoms with van der Waals surface area (Å²) >= 11 is 0. The van der Waals surface area contributed by atoms with E-state index in [-0.39, 0.29) is 16.9 Å². The summed E-state index contributed by atoms with van der Waals surface area (Å²) in [7, 11) is -2.20. The molecule has 1 aliphatic heterocycles. The van der Waals surface area contributed by atoms with Gasteiger partial charge in [0.2, 0.25) is 10.0 Å². The van der Waals surface area contributed by atoms with Crippen molar-refractivity contribution < 1.29 is 13.2 Å². The third-order valence-corrected chi connectivity index (χ3v) is 6.99. The Balaban J connectivity index is 1.70. The van der Waals surface area contributed by atoms with Gasteiger partial charge in [0.15, 0.2) is 0 Å². The van der Waals surface area contributed by atoms with Gasteiger partial charge in [-0.1, -0.05) is 0 Å². The number of benzene rings is 1. The lowest BCUT2D eigenvalue weighted by atomic mass is 9.99. The Hall–Kier alpha value is -1.90. The first-order valence-corrected chi connectivity index (χ1v) is 9.88. The number of rotatable bonds is 5. The number of hydrogen-bond donors (Lipinski definition) is 1. The molecule has 0 bridgehead atoms. The number of sulfonamides is 1. The highest BCUT2D eigenvalue weighted by Crippen LogP contribution is 2.42. The van der Waals surface area contributed by atoms with Gasteiger partial charge in [-0.15, -0.1) is 0 Å². The average molecular weight is 362 g/mol. The van der Waals surface area contributed by atoms with Crippen molar-refractivity contribution in [1.29, 1.82) is 0 Å². The van der Waals surface area contributed by atoms with Crippen molar-refractivity contribution in [1.82, 2.24) is 14.1 Å². The number of aromatic nitrogens is 2. The Morgan fingerprint density at radius 3 is 2.72 bits per heavy atom. The summed E-state index contributed by atoms with van der Waals surface area (Å²) in [4.78, 5) is 0.159. The van der Waals surface area contributed by atoms with Crippen LogP contribution in [0.1, 0.15) is 12.8 Å². The van der Waals surface area contributed by atoms with E-state index in [1.165, 1.54) is 11.4 Å². The van der Waals surface area contributed by atoms with Gasteiger partial charge < -0.3 is 10.5 Å². The lowest BCUT2D eigenvalue weighted by Gasteiger charge is -2.19. The molecule has 0 radical (unpaired) electrons. The minimum atomic E-state index is -3.68. The highest BCUT2D eigenvalue weighted by atomic mass is 32.2. The van der Waals surface area contributed by atoms with Crippen molar-refractivity contribution in [3.05, 3.63) is 36.7 Å². The number of ether oxygens (including phenoxy) is 1. The van der Waals surface area contributed by atoms with Crippen molar-refractivity contribution in [3.63, 3.8) is 0 Å². The van der Waals surface area contributed by atoms with Gasteiger partial charge in [0.05, 0.1) is 12.8 Å². The Morgan fingerprint density at radius 1 is 1.28 bits per heavy atom. The van der Waals surface area contributed by atoms with E-state index in [1.54, 1.807) is 41.3 Å². The first kappa shape index (κ1) is 16.6. The van der Waals surface area contributed by atoms with Crippen LogP contribution < -0.4 is 10.5 Å². The summed E-state index contributed by atoms with van der Waals surface area (Å²) in [6.07, 6.45) is 5.74. The van der Waals surface area contributed by atoms with Crippen LogP contribution in [0.5, 0.6) is 5.75 Å². The van der Waals surface area contributed by atoms with Crippen LogP contribution in [0, 0.1) is 11.8 Å². The maximum atomic E-state index is 13.2. The van der Waals surface area contributed by atoms with Crippen molar-refractivity contribution in [3.8, 4) is 11.4 Å². The molecule has 2 heterocycles. The standard InChI is InChI=1S/C17H22N4O3S/c1-24-16-6-5-13(21-8-2-7-19-21)9-17(16)25(22,23)20-10-14(12-3-4-12)15(18)11-20/h2,5-9,12,14-15H,3-4,10-11,18H2,1H3/t14-,15+/m1/s1. The molecule has 1 saturated heterocycles. The molecule has 8 heteroatoms. The largest absolute Gasteiger partial charge is 0.495 e. The molecule has 0 amide bonds. The molecule has 1 saturated carbocycles. The van der Waals surface area contributed by atoms with Gasteiger partial charge in [-0.25, -0.2) is 13.1 Å².